The van der Waals surface area contributed by atoms with E-state index in [0.717, 1.165) is 0 Å². The molecule has 1 aromatic heterocycles. The first-order valence-electron chi connectivity index (χ1n) is 4.07. The Bertz CT molecular complexity index is 561. The maximum absolute atomic E-state index is 5.99. The molecule has 0 saturated carbocycles. The lowest BCUT2D eigenvalue weighted by Crippen LogP contribution is -1.89. The molecule has 0 atom stereocenters. The second-order valence-electron chi connectivity index (χ2n) is 2.92. The van der Waals surface area contributed by atoms with Crippen molar-refractivity contribution in [3.05, 3.63) is 33.1 Å². The van der Waals surface area contributed by atoms with Crippen molar-refractivity contribution in [2.24, 2.45) is 7.05 Å². The van der Waals surface area contributed by atoms with Gasteiger partial charge in [0.2, 0.25) is 5.89 Å². The van der Waals surface area contributed by atoms with E-state index in [9.17, 15) is 0 Å². The Kier molecular flexibility index (Phi) is 2.82. The lowest BCUT2D eigenvalue weighted by atomic mass is 10.2. The van der Waals surface area contributed by atoms with Crippen LogP contribution < -0.4 is 0 Å². The van der Waals surface area contributed by atoms with E-state index in [0.29, 0.717) is 26.3 Å². The second kappa shape index (κ2) is 3.96. The van der Waals surface area contributed by atoms with Crippen LogP contribution in [0.15, 0.2) is 22.6 Å². The predicted octanol–water partition coefficient (Wildman–Crippen LogP) is 3.72. The first-order valence-corrected chi connectivity index (χ1v) is 5.24. The molecule has 1 aromatic carbocycles. The fourth-order valence-corrected chi connectivity index (χ4v) is 1.61. The van der Waals surface area contributed by atoms with Crippen molar-refractivity contribution in [2.45, 2.75) is 0 Å². The van der Waals surface area contributed by atoms with E-state index in [1.54, 1.807) is 25.2 Å². The van der Waals surface area contributed by atoms with Crippen molar-refractivity contribution in [3.8, 4) is 11.5 Å². The Morgan fingerprint density at radius 1 is 1.40 bits per heavy atom. The highest BCUT2D eigenvalue weighted by Crippen LogP contribution is 2.29. The molecule has 0 radical (unpaired) electrons. The summed E-state index contributed by atoms with van der Waals surface area (Å²) in [6.07, 6.45) is 0. The number of halogens is 2. The quantitative estimate of drug-likeness (QED) is 0.733. The molecule has 0 N–H and O–H groups in total. The Morgan fingerprint density at radius 2 is 2.13 bits per heavy atom. The van der Waals surface area contributed by atoms with Crippen LogP contribution in [-0.4, -0.2) is 9.78 Å². The normalized spacial score (nSPS) is 10.6. The second-order valence-corrected chi connectivity index (χ2v) is 4.11. The largest absolute Gasteiger partial charge is 0.409 e. The summed E-state index contributed by atoms with van der Waals surface area (Å²) >= 11 is 16.8. The van der Waals surface area contributed by atoms with E-state index in [1.807, 2.05) is 0 Å². The van der Waals surface area contributed by atoms with Crippen molar-refractivity contribution in [1.29, 1.82) is 0 Å². The summed E-state index contributed by atoms with van der Waals surface area (Å²) < 4.78 is 6.72. The molecule has 1 heterocycles. The molecule has 2 aromatic rings. The van der Waals surface area contributed by atoms with Gasteiger partial charge in [-0.25, -0.2) is 4.68 Å². The number of nitrogens with zero attached hydrogens (tertiary/aromatic N) is 2. The molecule has 0 saturated heterocycles. The summed E-state index contributed by atoms with van der Waals surface area (Å²) in [5.41, 5.74) is 0.635. The Morgan fingerprint density at radius 3 is 2.73 bits per heavy atom. The molecule has 15 heavy (non-hydrogen) atoms. The summed E-state index contributed by atoms with van der Waals surface area (Å²) in [6.45, 7) is 0. The van der Waals surface area contributed by atoms with Crippen LogP contribution in [0.3, 0.4) is 0 Å². The standard InChI is InChI=1S/C9H6Cl2N2OS/c1-13-9(15)14-8(12-13)6-4-5(10)2-3-7(6)11/h2-4H,1H3. The van der Waals surface area contributed by atoms with Gasteiger partial charge in [-0.2, -0.15) is 0 Å². The van der Waals surface area contributed by atoms with Crippen LogP contribution in [0.2, 0.25) is 10.0 Å². The minimum absolute atomic E-state index is 0.293. The molecule has 0 aliphatic carbocycles. The zero-order valence-electron chi connectivity index (χ0n) is 7.70. The summed E-state index contributed by atoms with van der Waals surface area (Å²) in [7, 11) is 1.70. The van der Waals surface area contributed by atoms with Crippen LogP contribution in [0.5, 0.6) is 0 Å². The minimum atomic E-state index is 0.293. The van der Waals surface area contributed by atoms with E-state index in [-0.39, 0.29) is 0 Å². The number of aryl methyl sites for hydroxylation is 1. The van der Waals surface area contributed by atoms with Gasteiger partial charge in [0.25, 0.3) is 4.84 Å². The molecule has 3 nitrogen and oxygen atoms in total. The first-order chi connectivity index (χ1) is 7.08. The van der Waals surface area contributed by atoms with Crippen LogP contribution in [0, 0.1) is 4.84 Å². The number of hydrogen-bond acceptors (Lipinski definition) is 3. The lowest BCUT2D eigenvalue weighted by Gasteiger charge is -1.98. The molecule has 0 unspecified atom stereocenters. The van der Waals surface area contributed by atoms with Gasteiger partial charge in [0.05, 0.1) is 10.6 Å². The van der Waals surface area contributed by atoms with Crippen molar-refractivity contribution in [1.82, 2.24) is 9.78 Å². The van der Waals surface area contributed by atoms with Gasteiger partial charge < -0.3 is 4.42 Å². The van der Waals surface area contributed by atoms with E-state index >= 15 is 0 Å². The van der Waals surface area contributed by atoms with Crippen LogP contribution in [0.1, 0.15) is 0 Å². The van der Waals surface area contributed by atoms with Gasteiger partial charge >= 0.3 is 0 Å². The molecular weight excluding hydrogens is 255 g/mol. The van der Waals surface area contributed by atoms with Crippen molar-refractivity contribution >= 4 is 35.4 Å². The van der Waals surface area contributed by atoms with Crippen molar-refractivity contribution in [3.63, 3.8) is 0 Å². The van der Waals surface area contributed by atoms with Gasteiger partial charge in [0.1, 0.15) is 0 Å². The van der Waals surface area contributed by atoms with Gasteiger partial charge in [-0.1, -0.05) is 23.2 Å². The van der Waals surface area contributed by atoms with E-state index in [4.69, 9.17) is 39.8 Å². The van der Waals surface area contributed by atoms with Gasteiger partial charge in [-0.3, -0.25) is 0 Å². The highest BCUT2D eigenvalue weighted by molar-refractivity contribution is 7.71. The maximum atomic E-state index is 5.99. The molecule has 0 fully saturated rings. The summed E-state index contributed by atoms with van der Waals surface area (Å²) in [5.74, 6) is 0.370. The molecule has 78 valence electrons. The summed E-state index contributed by atoms with van der Waals surface area (Å²) in [5, 5.41) is 5.18. The van der Waals surface area contributed by atoms with Crippen LogP contribution in [0.4, 0.5) is 0 Å². The molecule has 0 bridgehead atoms. The lowest BCUT2D eigenvalue weighted by molar-refractivity contribution is 0.534. The zero-order chi connectivity index (χ0) is 11.0. The minimum Gasteiger partial charge on any atom is -0.409 e. The molecular formula is C9H6Cl2N2OS. The van der Waals surface area contributed by atoms with Crippen molar-refractivity contribution in [2.75, 3.05) is 0 Å². The Labute approximate surface area is 101 Å². The average Bonchev–Trinajstić information content (AvgIpc) is 2.51. The molecule has 0 amide bonds. The maximum Gasteiger partial charge on any atom is 0.287 e. The molecule has 0 aliphatic rings. The zero-order valence-corrected chi connectivity index (χ0v) is 10.0. The van der Waals surface area contributed by atoms with Gasteiger partial charge in [-0.15, -0.1) is 5.10 Å². The monoisotopic (exact) mass is 260 g/mol. The predicted molar refractivity (Wildman–Crippen MR) is 61.8 cm³/mol. The van der Waals surface area contributed by atoms with Gasteiger partial charge in [-0.05, 0) is 30.4 Å². The third-order valence-electron chi connectivity index (χ3n) is 1.85. The molecule has 0 aliphatic heterocycles. The highest BCUT2D eigenvalue weighted by atomic mass is 35.5. The van der Waals surface area contributed by atoms with Crippen LogP contribution >= 0.6 is 35.4 Å². The smallest absolute Gasteiger partial charge is 0.287 e. The third kappa shape index (κ3) is 2.07. The average molecular weight is 261 g/mol. The molecule has 2 rings (SSSR count). The van der Waals surface area contributed by atoms with E-state index in [1.165, 1.54) is 4.68 Å². The van der Waals surface area contributed by atoms with Gasteiger partial charge in [0, 0.05) is 12.1 Å². The summed E-state index contributed by atoms with van der Waals surface area (Å²) in [4.78, 5) is 0.293. The molecule has 6 heteroatoms. The number of aromatic nitrogens is 2. The highest BCUT2D eigenvalue weighted by Gasteiger charge is 2.10. The SMILES string of the molecule is Cn1nc(-c2cc(Cl)ccc2Cl)oc1=S. The van der Waals surface area contributed by atoms with E-state index < -0.39 is 0 Å². The Balaban J connectivity index is 2.63. The fraction of sp³-hybridized carbons (Fsp3) is 0.111. The third-order valence-corrected chi connectivity index (χ3v) is 2.76. The number of hydrogen-bond donors (Lipinski definition) is 0. The Hall–Kier alpha value is -0.840. The topological polar surface area (TPSA) is 31.0 Å². The summed E-state index contributed by atoms with van der Waals surface area (Å²) in [6, 6.07) is 5.07. The van der Waals surface area contributed by atoms with Gasteiger partial charge in [0.15, 0.2) is 0 Å². The number of rotatable bonds is 1. The first kappa shape index (κ1) is 10.7. The molecule has 0 spiro atoms. The van der Waals surface area contributed by atoms with Crippen LogP contribution in [-0.2, 0) is 7.05 Å². The number of benzene rings is 1. The van der Waals surface area contributed by atoms with E-state index in [2.05, 4.69) is 5.10 Å². The fourth-order valence-electron chi connectivity index (χ4n) is 1.12. The van der Waals surface area contributed by atoms with Crippen molar-refractivity contribution < 1.29 is 4.42 Å². The van der Waals surface area contributed by atoms with Crippen LogP contribution in [0.25, 0.3) is 11.5 Å².